The number of fused-ring (bicyclic) bond motifs is 1. The number of likely N-dealkylation sites (tertiary alicyclic amines) is 1. The Kier molecular flexibility index (Phi) is 4.16. The molecule has 1 aromatic carbocycles. The number of nitrogens with zero attached hydrogens (tertiary/aromatic N) is 1. The smallest absolute Gasteiger partial charge is 0.322 e. The van der Waals surface area contributed by atoms with E-state index < -0.39 is 5.97 Å². The second-order valence-electron chi connectivity index (χ2n) is 6.48. The Hall–Kier alpha value is -1.88. The van der Waals surface area contributed by atoms with Gasteiger partial charge >= 0.3 is 5.97 Å². The summed E-state index contributed by atoms with van der Waals surface area (Å²) in [5.74, 6) is -0.712. The number of carbonyl (C=O) groups excluding carboxylic acids is 1. The van der Waals surface area contributed by atoms with Crippen LogP contribution in [0.2, 0.25) is 0 Å². The molecule has 5 heteroatoms. The fourth-order valence-corrected chi connectivity index (χ4v) is 4.06. The first kappa shape index (κ1) is 15.0. The summed E-state index contributed by atoms with van der Waals surface area (Å²) in [5, 5.41) is 11.4. The highest BCUT2D eigenvalue weighted by Gasteiger charge is 2.54. The Morgan fingerprint density at radius 1 is 1.32 bits per heavy atom. The van der Waals surface area contributed by atoms with Gasteiger partial charge in [-0.1, -0.05) is 36.8 Å². The van der Waals surface area contributed by atoms with Crippen molar-refractivity contribution in [3.63, 3.8) is 0 Å². The lowest BCUT2D eigenvalue weighted by Gasteiger charge is -2.27. The van der Waals surface area contributed by atoms with Gasteiger partial charge in [0.2, 0.25) is 5.91 Å². The molecule has 1 aliphatic heterocycles. The van der Waals surface area contributed by atoms with Crippen LogP contribution in [-0.2, 0) is 16.1 Å². The van der Waals surface area contributed by atoms with Crippen molar-refractivity contribution in [2.24, 2.45) is 11.3 Å². The van der Waals surface area contributed by atoms with Crippen LogP contribution in [0, 0.1) is 11.3 Å². The second kappa shape index (κ2) is 6.08. The van der Waals surface area contributed by atoms with Crippen molar-refractivity contribution in [3.8, 4) is 0 Å². The van der Waals surface area contributed by atoms with E-state index in [-0.39, 0.29) is 17.9 Å². The number of benzene rings is 1. The van der Waals surface area contributed by atoms with Crippen molar-refractivity contribution < 1.29 is 14.7 Å². The Morgan fingerprint density at radius 2 is 2.09 bits per heavy atom. The summed E-state index contributed by atoms with van der Waals surface area (Å²) in [6, 6.07) is 10.3. The third-order valence-corrected chi connectivity index (χ3v) is 5.04. The number of carboxylic acids is 1. The van der Waals surface area contributed by atoms with E-state index in [1.807, 2.05) is 18.2 Å². The predicted molar refractivity (Wildman–Crippen MR) is 82.1 cm³/mol. The zero-order chi connectivity index (χ0) is 15.6. The molecule has 2 fully saturated rings. The van der Waals surface area contributed by atoms with Crippen LogP contribution in [0.1, 0.15) is 24.8 Å². The van der Waals surface area contributed by atoms with Crippen molar-refractivity contribution in [3.05, 3.63) is 35.9 Å². The molecule has 1 aromatic rings. The number of rotatable bonds is 5. The largest absolute Gasteiger partial charge is 0.480 e. The van der Waals surface area contributed by atoms with Gasteiger partial charge in [0.25, 0.3) is 0 Å². The maximum atomic E-state index is 12.6. The van der Waals surface area contributed by atoms with E-state index in [0.29, 0.717) is 5.92 Å². The normalized spacial score (nSPS) is 27.5. The Balaban J connectivity index is 1.68. The predicted octanol–water partition coefficient (Wildman–Crippen LogP) is 1.49. The molecular formula is C17H22N2O3. The first-order valence-electron chi connectivity index (χ1n) is 7.86. The lowest BCUT2D eigenvalue weighted by molar-refractivity contribution is -0.140. The van der Waals surface area contributed by atoms with Crippen LogP contribution >= 0.6 is 0 Å². The summed E-state index contributed by atoms with van der Waals surface area (Å²) >= 11 is 0. The summed E-state index contributed by atoms with van der Waals surface area (Å²) < 4.78 is 0. The first-order valence-corrected chi connectivity index (χ1v) is 7.86. The lowest BCUT2D eigenvalue weighted by atomic mass is 9.80. The Labute approximate surface area is 130 Å². The van der Waals surface area contributed by atoms with E-state index in [9.17, 15) is 9.59 Å². The highest BCUT2D eigenvalue weighted by atomic mass is 16.4. The summed E-state index contributed by atoms with van der Waals surface area (Å²) in [6.07, 6.45) is 2.99. The summed E-state index contributed by atoms with van der Waals surface area (Å²) in [6.45, 7) is 2.23. The van der Waals surface area contributed by atoms with Gasteiger partial charge in [-0.25, -0.2) is 0 Å². The molecule has 22 heavy (non-hydrogen) atoms. The third-order valence-electron chi connectivity index (χ3n) is 5.04. The highest BCUT2D eigenvalue weighted by Crippen LogP contribution is 2.49. The van der Waals surface area contributed by atoms with Crippen LogP contribution < -0.4 is 5.32 Å². The van der Waals surface area contributed by atoms with Gasteiger partial charge in [-0.05, 0) is 24.3 Å². The minimum atomic E-state index is -0.988. The molecule has 3 rings (SSSR count). The van der Waals surface area contributed by atoms with Crippen molar-refractivity contribution in [2.75, 3.05) is 19.6 Å². The monoisotopic (exact) mass is 302 g/mol. The number of hydrogen-bond donors (Lipinski definition) is 2. The van der Waals surface area contributed by atoms with Crippen LogP contribution in [-0.4, -0.2) is 41.5 Å². The number of hydrogen-bond acceptors (Lipinski definition) is 3. The van der Waals surface area contributed by atoms with E-state index in [0.717, 1.165) is 38.9 Å². The van der Waals surface area contributed by atoms with E-state index in [2.05, 4.69) is 22.3 Å². The Bertz CT molecular complexity index is 560. The van der Waals surface area contributed by atoms with Crippen LogP contribution in [0.4, 0.5) is 0 Å². The fraction of sp³-hybridized carbons (Fsp3) is 0.529. The summed E-state index contributed by atoms with van der Waals surface area (Å²) in [5.41, 5.74) is 0.869. The van der Waals surface area contributed by atoms with Crippen molar-refractivity contribution in [2.45, 2.75) is 25.8 Å². The molecule has 1 saturated carbocycles. The number of carboxylic acid groups (broad SMARTS) is 1. The minimum Gasteiger partial charge on any atom is -0.480 e. The Morgan fingerprint density at radius 3 is 2.82 bits per heavy atom. The van der Waals surface area contributed by atoms with Crippen LogP contribution in [0.15, 0.2) is 30.3 Å². The van der Waals surface area contributed by atoms with Gasteiger partial charge in [0, 0.05) is 19.6 Å². The molecule has 118 valence electrons. The van der Waals surface area contributed by atoms with Crippen molar-refractivity contribution >= 4 is 11.9 Å². The molecule has 2 atom stereocenters. The third kappa shape index (κ3) is 2.86. The SMILES string of the molecule is O=C(O)CNC(=O)[C@@]12CCC[C@@H]1CN(Cc1ccccc1)C2. The van der Waals surface area contributed by atoms with Crippen LogP contribution in [0.25, 0.3) is 0 Å². The van der Waals surface area contributed by atoms with Crippen molar-refractivity contribution in [1.82, 2.24) is 10.2 Å². The summed E-state index contributed by atoms with van der Waals surface area (Å²) in [7, 11) is 0. The van der Waals surface area contributed by atoms with Crippen LogP contribution in [0.5, 0.6) is 0 Å². The van der Waals surface area contributed by atoms with E-state index in [4.69, 9.17) is 5.11 Å². The van der Waals surface area contributed by atoms with Gasteiger partial charge in [0.15, 0.2) is 0 Å². The quantitative estimate of drug-likeness (QED) is 0.864. The topological polar surface area (TPSA) is 69.6 Å². The minimum absolute atomic E-state index is 0.0760. The number of nitrogens with one attached hydrogen (secondary N) is 1. The highest BCUT2D eigenvalue weighted by molar-refractivity contribution is 5.87. The molecule has 5 nitrogen and oxygen atoms in total. The average Bonchev–Trinajstić information content (AvgIpc) is 3.03. The van der Waals surface area contributed by atoms with Gasteiger partial charge in [-0.15, -0.1) is 0 Å². The average molecular weight is 302 g/mol. The number of amides is 1. The van der Waals surface area contributed by atoms with Crippen LogP contribution in [0.3, 0.4) is 0 Å². The van der Waals surface area contributed by atoms with Gasteiger partial charge in [0.05, 0.1) is 5.41 Å². The lowest BCUT2D eigenvalue weighted by Crippen LogP contribution is -2.45. The second-order valence-corrected chi connectivity index (χ2v) is 6.48. The number of carbonyl (C=O) groups is 2. The standard InChI is InChI=1S/C17H22N2O3/c20-15(21)9-18-16(22)17-8-4-7-14(17)11-19(12-17)10-13-5-2-1-3-6-13/h1-3,5-6,14H,4,7-12H2,(H,18,22)(H,20,21)/t14-,17-/m1/s1. The molecule has 0 bridgehead atoms. The molecule has 1 heterocycles. The van der Waals surface area contributed by atoms with E-state index in [1.165, 1.54) is 5.56 Å². The zero-order valence-electron chi connectivity index (χ0n) is 12.6. The number of aliphatic carboxylic acids is 1. The van der Waals surface area contributed by atoms with E-state index >= 15 is 0 Å². The fourth-order valence-electron chi connectivity index (χ4n) is 4.06. The molecule has 0 aromatic heterocycles. The zero-order valence-corrected chi connectivity index (χ0v) is 12.6. The molecule has 1 saturated heterocycles. The molecule has 0 spiro atoms. The van der Waals surface area contributed by atoms with E-state index in [1.54, 1.807) is 0 Å². The van der Waals surface area contributed by atoms with Gasteiger partial charge in [0.1, 0.15) is 6.54 Å². The molecule has 1 aliphatic carbocycles. The van der Waals surface area contributed by atoms with Gasteiger partial charge < -0.3 is 10.4 Å². The maximum absolute atomic E-state index is 12.6. The molecular weight excluding hydrogens is 280 g/mol. The molecule has 0 radical (unpaired) electrons. The summed E-state index contributed by atoms with van der Waals surface area (Å²) in [4.78, 5) is 25.6. The molecule has 1 amide bonds. The molecule has 0 unspecified atom stereocenters. The first-order chi connectivity index (χ1) is 10.6. The van der Waals surface area contributed by atoms with Gasteiger partial charge in [-0.3, -0.25) is 14.5 Å². The molecule has 2 N–H and O–H groups in total. The molecule has 2 aliphatic rings. The van der Waals surface area contributed by atoms with Crippen molar-refractivity contribution in [1.29, 1.82) is 0 Å². The maximum Gasteiger partial charge on any atom is 0.322 e. The van der Waals surface area contributed by atoms with Gasteiger partial charge in [-0.2, -0.15) is 0 Å².